The first-order chi connectivity index (χ1) is 42.5. The summed E-state index contributed by atoms with van der Waals surface area (Å²) in [4.78, 5) is 177. The molecule has 2 fully saturated rings. The third-order valence-corrected chi connectivity index (χ3v) is 16.4. The van der Waals surface area contributed by atoms with Gasteiger partial charge in [0, 0.05) is 60.0 Å². The third-order valence-electron chi connectivity index (χ3n) is 16.4. The second-order valence-electron chi connectivity index (χ2n) is 26.0. The molecule has 504 valence electrons. The second-order valence-corrected chi connectivity index (χ2v) is 26.0. The van der Waals surface area contributed by atoms with Crippen LogP contribution in [0.4, 0.5) is 0 Å². The lowest BCUT2D eigenvalue weighted by atomic mass is 9.99. The van der Waals surface area contributed by atoms with Gasteiger partial charge in [-0.1, -0.05) is 88.4 Å². The van der Waals surface area contributed by atoms with Crippen LogP contribution in [0.5, 0.6) is 0 Å². The van der Waals surface area contributed by atoms with Crippen LogP contribution in [0.2, 0.25) is 0 Å². The Labute approximate surface area is 535 Å². The van der Waals surface area contributed by atoms with Gasteiger partial charge in [-0.15, -0.1) is 0 Å². The van der Waals surface area contributed by atoms with E-state index in [2.05, 4.69) is 37.2 Å². The molecule has 91 heavy (non-hydrogen) atoms. The summed E-state index contributed by atoms with van der Waals surface area (Å²) in [6.07, 6.45) is -1.33. The molecule has 2 saturated heterocycles. The predicted octanol–water partition coefficient (Wildman–Crippen LogP) is 0.567. The lowest BCUT2D eigenvalue weighted by molar-refractivity contribution is -0.148. The molecule has 2 aromatic rings. The van der Waals surface area contributed by atoms with Crippen LogP contribution in [0.15, 0.2) is 60.7 Å². The molecule has 4 rings (SSSR count). The highest BCUT2D eigenvalue weighted by molar-refractivity contribution is 5.99. The Hall–Kier alpha value is -8.00. The summed E-state index contributed by atoms with van der Waals surface area (Å²) >= 11 is 0. The van der Waals surface area contributed by atoms with Crippen LogP contribution in [0.25, 0.3) is 0 Å². The minimum absolute atomic E-state index is 0.0330. The summed E-state index contributed by atoms with van der Waals surface area (Å²) in [5.41, 5.74) is 0.439. The van der Waals surface area contributed by atoms with E-state index in [1.807, 2.05) is 13.8 Å². The van der Waals surface area contributed by atoms with Crippen molar-refractivity contribution in [2.24, 2.45) is 11.8 Å². The predicted molar refractivity (Wildman–Crippen MR) is 339 cm³/mol. The monoisotopic (exact) mass is 1270 g/mol. The number of likely N-dealkylation sites (N-methyl/N-ethyl adjacent to an activating group) is 4. The molecule has 0 radical (unpaired) electrons. The van der Waals surface area contributed by atoms with Crippen molar-refractivity contribution in [1.29, 1.82) is 0 Å². The molecule has 0 aliphatic carbocycles. The normalized spacial score (nSPS) is 26.9. The van der Waals surface area contributed by atoms with Gasteiger partial charge in [-0.25, -0.2) is 0 Å². The first-order valence-corrected chi connectivity index (χ1v) is 31.4. The maximum absolute atomic E-state index is 15.1. The number of rotatable bonds is 11. The molecule has 2 heterocycles. The molecule has 0 saturated carbocycles. The summed E-state index contributed by atoms with van der Waals surface area (Å²) in [5.74, 6) is -9.15. The minimum Gasteiger partial charge on any atom is -0.391 e. The quantitative estimate of drug-likeness (QED) is 0.153. The number of carbonyl (C=O) groups excluding carboxylic acids is 12. The molecule has 8 N–H and O–H groups in total. The van der Waals surface area contributed by atoms with Gasteiger partial charge in [-0.2, -0.15) is 0 Å². The number of nitrogens with zero attached hydrogens (tertiary/aromatic N) is 5. The summed E-state index contributed by atoms with van der Waals surface area (Å²) in [5, 5.41) is 29.9. The van der Waals surface area contributed by atoms with Crippen molar-refractivity contribution in [2.45, 2.75) is 206 Å². The minimum atomic E-state index is -1.66. The molecular weight excluding hydrogens is 1170 g/mol. The Balaban J connectivity index is 1.81. The average molecular weight is 1270 g/mol. The van der Waals surface area contributed by atoms with Gasteiger partial charge < -0.3 is 71.6 Å². The highest BCUT2D eigenvalue weighted by Crippen LogP contribution is 2.22. The van der Waals surface area contributed by atoms with E-state index in [1.165, 1.54) is 65.7 Å². The van der Waals surface area contributed by atoms with Gasteiger partial charge in [0.2, 0.25) is 70.9 Å². The molecule has 2 aliphatic heterocycles. The number of aliphatic hydroxyl groups is 1. The van der Waals surface area contributed by atoms with E-state index in [4.69, 9.17) is 4.74 Å². The van der Waals surface area contributed by atoms with Gasteiger partial charge >= 0.3 is 0 Å². The lowest BCUT2D eigenvalue weighted by Gasteiger charge is -2.34. The Kier molecular flexibility index (Phi) is 28.6. The summed E-state index contributed by atoms with van der Waals surface area (Å²) < 4.78 is 6.12. The first kappa shape index (κ1) is 75.5. The Morgan fingerprint density at radius 1 is 0.527 bits per heavy atom. The zero-order valence-electron chi connectivity index (χ0n) is 55.9. The number of ether oxygens (including phenoxy) is 1. The maximum atomic E-state index is 15.1. The highest BCUT2D eigenvalue weighted by Gasteiger charge is 2.43. The van der Waals surface area contributed by atoms with Crippen molar-refractivity contribution in [2.75, 3.05) is 47.9 Å². The van der Waals surface area contributed by atoms with Crippen molar-refractivity contribution in [3.05, 3.63) is 71.8 Å². The van der Waals surface area contributed by atoms with Gasteiger partial charge in [0.25, 0.3) is 0 Å². The summed E-state index contributed by atoms with van der Waals surface area (Å²) in [7, 11) is 5.50. The van der Waals surface area contributed by atoms with E-state index in [-0.39, 0.29) is 56.9 Å². The molecule has 0 unspecified atom stereocenters. The standard InChI is InChI=1S/C65H100N12O14/c1-37(2)30-46-62(88)75(15)42(8)61(87)74(14)40(6)55(81)66-35-52(79)67-39(5)32-53(80)73(13)41(7)56(82)68-47(33-44-24-19-17-20-25-44)63(89)76(16)51(31-38(3)4)59(85)71-49(36-91-65(10,11)12)57(83)69-48(34-45-26-21-18-22-27-45)64(90)77-29-23-28-50(77)58(84)72-54(43(9)78)60(86)70-46/h17-22,24-27,37-43,46-51,54,78H,23,28-36H2,1-16H3,(H,66,81)(H,67,79)(H,68,82)(H,69,83)(H,70,86)(H,71,85)(H,72,84)/t39-,40-,41+,42-,43+,46-,47-,48-,49-,50-,51-,54-/m0/s1. The fourth-order valence-electron chi connectivity index (χ4n) is 10.6. The fourth-order valence-corrected chi connectivity index (χ4v) is 10.6. The Morgan fingerprint density at radius 3 is 1.56 bits per heavy atom. The van der Waals surface area contributed by atoms with Crippen molar-refractivity contribution in [3.8, 4) is 0 Å². The number of benzene rings is 2. The van der Waals surface area contributed by atoms with Crippen molar-refractivity contribution in [1.82, 2.24) is 61.7 Å². The van der Waals surface area contributed by atoms with Gasteiger partial charge in [0.05, 0.1) is 24.9 Å². The van der Waals surface area contributed by atoms with Crippen LogP contribution in [0, 0.1) is 11.8 Å². The number of nitrogens with one attached hydrogen (secondary N) is 7. The third kappa shape index (κ3) is 22.4. The molecule has 2 aliphatic rings. The van der Waals surface area contributed by atoms with E-state index in [1.54, 1.807) is 102 Å². The van der Waals surface area contributed by atoms with E-state index in [0.717, 1.165) is 14.7 Å². The molecule has 0 spiro atoms. The maximum Gasteiger partial charge on any atom is 0.246 e. The Bertz CT molecular complexity index is 2870. The van der Waals surface area contributed by atoms with E-state index < -0.39 is 162 Å². The zero-order chi connectivity index (χ0) is 68.4. The topological polar surface area (TPSA) is 335 Å². The molecule has 0 bridgehead atoms. The summed E-state index contributed by atoms with van der Waals surface area (Å²) in [6, 6.07) is 3.74. The van der Waals surface area contributed by atoms with Crippen LogP contribution in [-0.4, -0.2) is 227 Å². The van der Waals surface area contributed by atoms with E-state index >= 15 is 4.79 Å². The highest BCUT2D eigenvalue weighted by atomic mass is 16.5. The Morgan fingerprint density at radius 2 is 1.02 bits per heavy atom. The second kappa shape index (κ2) is 34.4. The number of amides is 12. The number of hydrogen-bond acceptors (Lipinski definition) is 14. The van der Waals surface area contributed by atoms with Crippen LogP contribution in [0.1, 0.15) is 126 Å². The van der Waals surface area contributed by atoms with Crippen LogP contribution < -0.4 is 37.2 Å². The fraction of sp³-hybridized carbons (Fsp3) is 0.631. The zero-order valence-corrected chi connectivity index (χ0v) is 55.9. The first-order valence-electron chi connectivity index (χ1n) is 31.4. The molecule has 0 aromatic heterocycles. The largest absolute Gasteiger partial charge is 0.391 e. The molecule has 12 amide bonds. The number of hydrogen-bond donors (Lipinski definition) is 8. The molecule has 26 heteroatoms. The van der Waals surface area contributed by atoms with Gasteiger partial charge in [-0.05, 0) is 104 Å². The number of fused-ring (bicyclic) bond motifs is 1. The molecular formula is C65H100N12O14. The van der Waals surface area contributed by atoms with Gasteiger partial charge in [0.1, 0.15) is 60.4 Å². The van der Waals surface area contributed by atoms with Crippen LogP contribution in [-0.2, 0) is 75.1 Å². The van der Waals surface area contributed by atoms with Gasteiger partial charge in [-0.3, -0.25) is 57.5 Å². The van der Waals surface area contributed by atoms with E-state index in [9.17, 15) is 57.8 Å². The lowest BCUT2D eigenvalue weighted by Crippen LogP contribution is -2.62. The SMILES string of the molecule is CC(C)C[C@@H]1NC(=O)[C@H]([C@@H](C)O)NC(=O)[C@@H]2CCCN2C(=O)[C@H](Cc2ccccc2)NC(=O)[C@H](COC(C)(C)C)NC(=O)[C@H](CC(C)C)N(C)C(=O)[C@H](Cc2ccccc2)NC(=O)[C@@H](C)N(C)C(=O)C[C@H](C)NC(=O)CNC(=O)[C@H](C)N(C)C(=O)[C@H](C)N(C)C1=O. The van der Waals surface area contributed by atoms with Crippen molar-refractivity contribution < 1.29 is 67.4 Å². The molecule has 12 atom stereocenters. The average Bonchev–Trinajstić information content (AvgIpc) is 1.87. The number of aliphatic hydroxyl groups excluding tert-OH is 1. The van der Waals surface area contributed by atoms with Gasteiger partial charge in [0.15, 0.2) is 0 Å². The molecule has 26 nitrogen and oxygen atoms in total. The smallest absolute Gasteiger partial charge is 0.246 e. The van der Waals surface area contributed by atoms with E-state index in [0.29, 0.717) is 17.5 Å². The summed E-state index contributed by atoms with van der Waals surface area (Å²) in [6.45, 7) is 18.8. The molecule has 2 aromatic carbocycles. The number of carbonyl (C=O) groups is 12. The van der Waals surface area contributed by atoms with Crippen LogP contribution >= 0.6 is 0 Å². The van der Waals surface area contributed by atoms with Crippen molar-refractivity contribution in [3.63, 3.8) is 0 Å². The van der Waals surface area contributed by atoms with Crippen molar-refractivity contribution >= 4 is 70.9 Å². The van der Waals surface area contributed by atoms with Crippen LogP contribution in [0.3, 0.4) is 0 Å².